The molecule has 2 atom stereocenters. The summed E-state index contributed by atoms with van der Waals surface area (Å²) in [5, 5.41) is 5.41. The second-order valence-electron chi connectivity index (χ2n) is 6.35. The zero-order valence-corrected chi connectivity index (χ0v) is 13.4. The summed E-state index contributed by atoms with van der Waals surface area (Å²) in [5.41, 5.74) is 1.27. The van der Waals surface area contributed by atoms with Gasteiger partial charge in [0.25, 0.3) is 0 Å². The highest BCUT2D eigenvalue weighted by molar-refractivity contribution is 6.33. The van der Waals surface area contributed by atoms with Crippen LogP contribution < -0.4 is 5.32 Å². The Labute approximate surface area is 132 Å². The minimum absolute atomic E-state index is 0.565. The van der Waals surface area contributed by atoms with Crippen LogP contribution in [0.3, 0.4) is 0 Å². The fourth-order valence-corrected chi connectivity index (χ4v) is 3.88. The Balaban J connectivity index is 1.78. The lowest BCUT2D eigenvalue weighted by molar-refractivity contribution is 0.374. The van der Waals surface area contributed by atoms with Crippen LogP contribution in [0.25, 0.3) is 0 Å². The first-order chi connectivity index (χ1) is 9.74. The highest BCUT2D eigenvalue weighted by Gasteiger charge is 2.29. The molecule has 0 heterocycles. The monoisotopic (exact) mass is 311 g/mol. The van der Waals surface area contributed by atoms with Crippen LogP contribution in [0.2, 0.25) is 10.0 Å². The van der Waals surface area contributed by atoms with Crippen molar-refractivity contribution in [2.45, 2.75) is 56.9 Å². The molecule has 3 heteroatoms. The van der Waals surface area contributed by atoms with Gasteiger partial charge in [0, 0.05) is 16.1 Å². The summed E-state index contributed by atoms with van der Waals surface area (Å²) < 4.78 is 0. The molecule has 0 radical (unpaired) electrons. The fourth-order valence-electron chi connectivity index (χ4n) is 3.44. The van der Waals surface area contributed by atoms with E-state index in [0.717, 1.165) is 22.6 Å². The molecule has 2 unspecified atom stereocenters. The van der Waals surface area contributed by atoms with E-state index in [0.29, 0.717) is 11.8 Å². The maximum atomic E-state index is 6.44. The molecule has 0 saturated heterocycles. The van der Waals surface area contributed by atoms with Gasteiger partial charge in [-0.05, 0) is 67.8 Å². The third-order valence-corrected chi connectivity index (χ3v) is 5.34. The van der Waals surface area contributed by atoms with Gasteiger partial charge < -0.3 is 5.32 Å². The molecule has 110 valence electrons. The van der Waals surface area contributed by atoms with Crippen molar-refractivity contribution in [1.82, 2.24) is 5.32 Å². The summed E-state index contributed by atoms with van der Waals surface area (Å²) in [6.45, 7) is 1.14. The van der Waals surface area contributed by atoms with Gasteiger partial charge in [-0.15, -0.1) is 0 Å². The SMILES string of the molecule is Clc1ccc(Cl)c(C2CCCCCC2CNC2CC2)c1. The van der Waals surface area contributed by atoms with Crippen LogP contribution in [0.15, 0.2) is 18.2 Å². The number of halogens is 2. The predicted molar refractivity (Wildman–Crippen MR) is 86.8 cm³/mol. The second-order valence-corrected chi connectivity index (χ2v) is 7.20. The van der Waals surface area contributed by atoms with Gasteiger partial charge in [0.05, 0.1) is 0 Å². The minimum Gasteiger partial charge on any atom is -0.314 e. The van der Waals surface area contributed by atoms with E-state index in [-0.39, 0.29) is 0 Å². The van der Waals surface area contributed by atoms with Gasteiger partial charge in [0.15, 0.2) is 0 Å². The molecule has 0 aliphatic heterocycles. The lowest BCUT2D eigenvalue weighted by Crippen LogP contribution is -2.28. The molecule has 2 aliphatic rings. The molecule has 2 fully saturated rings. The van der Waals surface area contributed by atoms with Crippen molar-refractivity contribution < 1.29 is 0 Å². The van der Waals surface area contributed by atoms with Crippen LogP contribution >= 0.6 is 23.2 Å². The van der Waals surface area contributed by atoms with Gasteiger partial charge in [0.2, 0.25) is 0 Å². The number of benzene rings is 1. The largest absolute Gasteiger partial charge is 0.314 e. The topological polar surface area (TPSA) is 12.0 Å². The van der Waals surface area contributed by atoms with Crippen LogP contribution in [0.4, 0.5) is 0 Å². The molecule has 1 aromatic rings. The van der Waals surface area contributed by atoms with Crippen molar-refractivity contribution in [2.24, 2.45) is 5.92 Å². The number of rotatable bonds is 4. The van der Waals surface area contributed by atoms with E-state index in [4.69, 9.17) is 23.2 Å². The van der Waals surface area contributed by atoms with E-state index >= 15 is 0 Å². The van der Waals surface area contributed by atoms with Crippen molar-refractivity contribution in [2.75, 3.05) is 6.54 Å². The van der Waals surface area contributed by atoms with Crippen molar-refractivity contribution >= 4 is 23.2 Å². The molecule has 20 heavy (non-hydrogen) atoms. The highest BCUT2D eigenvalue weighted by atomic mass is 35.5. The molecule has 1 N–H and O–H groups in total. The Morgan fingerprint density at radius 2 is 1.80 bits per heavy atom. The molecule has 0 spiro atoms. The van der Waals surface area contributed by atoms with E-state index in [1.807, 2.05) is 12.1 Å². The molecule has 1 aromatic carbocycles. The molecule has 2 aliphatic carbocycles. The number of nitrogens with one attached hydrogen (secondary N) is 1. The lowest BCUT2D eigenvalue weighted by Gasteiger charge is -2.27. The van der Waals surface area contributed by atoms with Gasteiger partial charge in [-0.25, -0.2) is 0 Å². The van der Waals surface area contributed by atoms with Gasteiger partial charge in [0.1, 0.15) is 0 Å². The van der Waals surface area contributed by atoms with Gasteiger partial charge in [-0.2, -0.15) is 0 Å². The van der Waals surface area contributed by atoms with E-state index in [9.17, 15) is 0 Å². The highest BCUT2D eigenvalue weighted by Crippen LogP contribution is 2.40. The van der Waals surface area contributed by atoms with Crippen molar-refractivity contribution in [3.8, 4) is 0 Å². The molecule has 0 amide bonds. The molecule has 1 nitrogen and oxygen atoms in total. The zero-order valence-electron chi connectivity index (χ0n) is 11.9. The molecule has 0 aromatic heterocycles. The van der Waals surface area contributed by atoms with Gasteiger partial charge in [-0.3, -0.25) is 0 Å². The van der Waals surface area contributed by atoms with Crippen LogP contribution in [0.5, 0.6) is 0 Å². The predicted octanol–water partition coefficient (Wildman–Crippen LogP) is 5.41. The Morgan fingerprint density at radius 3 is 2.60 bits per heavy atom. The Bertz CT molecular complexity index is 456. The normalized spacial score (nSPS) is 27.3. The van der Waals surface area contributed by atoms with Crippen LogP contribution in [0, 0.1) is 5.92 Å². The first-order valence-electron chi connectivity index (χ1n) is 7.92. The Kier molecular flexibility index (Phi) is 4.91. The van der Waals surface area contributed by atoms with Crippen molar-refractivity contribution in [1.29, 1.82) is 0 Å². The standard InChI is InChI=1S/C17H23Cl2N/c18-13-6-9-17(19)16(10-13)15-5-3-1-2-4-12(15)11-20-14-7-8-14/h6,9-10,12,14-15,20H,1-5,7-8,11H2. The molecule has 0 bridgehead atoms. The van der Waals surface area contributed by atoms with E-state index in [1.54, 1.807) is 0 Å². The Morgan fingerprint density at radius 1 is 1.00 bits per heavy atom. The van der Waals surface area contributed by atoms with Crippen LogP contribution in [-0.2, 0) is 0 Å². The van der Waals surface area contributed by atoms with Crippen LogP contribution in [-0.4, -0.2) is 12.6 Å². The smallest absolute Gasteiger partial charge is 0.0441 e. The molecule has 2 saturated carbocycles. The van der Waals surface area contributed by atoms with Crippen molar-refractivity contribution in [3.05, 3.63) is 33.8 Å². The summed E-state index contributed by atoms with van der Waals surface area (Å²) in [6.07, 6.45) is 9.29. The summed E-state index contributed by atoms with van der Waals surface area (Å²) in [6, 6.07) is 6.72. The summed E-state index contributed by atoms with van der Waals surface area (Å²) in [5.74, 6) is 1.27. The number of hydrogen-bond donors (Lipinski definition) is 1. The summed E-state index contributed by atoms with van der Waals surface area (Å²) >= 11 is 12.6. The average molecular weight is 312 g/mol. The maximum Gasteiger partial charge on any atom is 0.0441 e. The third kappa shape index (κ3) is 3.69. The molecular weight excluding hydrogens is 289 g/mol. The lowest BCUT2D eigenvalue weighted by atomic mass is 9.82. The Hall–Kier alpha value is -0.240. The summed E-state index contributed by atoms with van der Waals surface area (Å²) in [4.78, 5) is 0. The minimum atomic E-state index is 0.565. The quantitative estimate of drug-likeness (QED) is 0.733. The molecular formula is C17H23Cl2N. The molecule has 3 rings (SSSR count). The first kappa shape index (κ1) is 14.7. The number of hydrogen-bond acceptors (Lipinski definition) is 1. The third-order valence-electron chi connectivity index (χ3n) is 4.76. The van der Waals surface area contributed by atoms with E-state index < -0.39 is 0 Å². The average Bonchev–Trinajstić information content (AvgIpc) is 3.25. The van der Waals surface area contributed by atoms with Crippen molar-refractivity contribution in [3.63, 3.8) is 0 Å². The van der Waals surface area contributed by atoms with Gasteiger partial charge in [-0.1, -0.05) is 42.5 Å². The maximum absolute atomic E-state index is 6.44. The first-order valence-corrected chi connectivity index (χ1v) is 8.68. The fraction of sp³-hybridized carbons (Fsp3) is 0.647. The summed E-state index contributed by atoms with van der Waals surface area (Å²) in [7, 11) is 0. The van der Waals surface area contributed by atoms with E-state index in [1.165, 1.54) is 50.5 Å². The van der Waals surface area contributed by atoms with Crippen LogP contribution in [0.1, 0.15) is 56.4 Å². The zero-order chi connectivity index (χ0) is 13.9. The second kappa shape index (κ2) is 6.68. The van der Waals surface area contributed by atoms with E-state index in [2.05, 4.69) is 11.4 Å². The van der Waals surface area contributed by atoms with Gasteiger partial charge >= 0.3 is 0 Å².